The lowest BCUT2D eigenvalue weighted by Crippen LogP contribution is -2.36. The van der Waals surface area contributed by atoms with Gasteiger partial charge in [-0.3, -0.25) is 4.79 Å². The van der Waals surface area contributed by atoms with Gasteiger partial charge in [0, 0.05) is 30.3 Å². The Kier molecular flexibility index (Phi) is 4.62. The molecule has 0 aromatic rings. The van der Waals surface area contributed by atoms with Crippen molar-refractivity contribution in [1.82, 2.24) is 4.90 Å². The zero-order chi connectivity index (χ0) is 13.7. The Morgan fingerprint density at radius 1 is 1.58 bits per heavy atom. The molecule has 19 heavy (non-hydrogen) atoms. The molecule has 1 heterocycles. The molecule has 0 radical (unpaired) electrons. The third-order valence-electron chi connectivity index (χ3n) is 3.72. The molecule has 0 amide bonds. The highest BCUT2D eigenvalue weighted by molar-refractivity contribution is 5.69. The molecule has 1 atom stereocenters. The molecule has 0 aromatic carbocycles. The highest BCUT2D eigenvalue weighted by atomic mass is 16.5. The third kappa shape index (κ3) is 3.37. The zero-order valence-electron chi connectivity index (χ0n) is 11.4. The number of allylic oxidation sites excluding steroid dienone is 4. The Hall–Kier alpha value is -1.76. The minimum atomic E-state index is -0.130. The summed E-state index contributed by atoms with van der Waals surface area (Å²) in [6.45, 7) is 3.99. The van der Waals surface area contributed by atoms with Crippen LogP contribution in [-0.4, -0.2) is 30.6 Å². The molecule has 4 nitrogen and oxygen atoms in total. The Balaban J connectivity index is 1.97. The van der Waals surface area contributed by atoms with E-state index in [1.807, 2.05) is 13.0 Å². The molecule has 1 saturated heterocycles. The van der Waals surface area contributed by atoms with E-state index in [0.717, 1.165) is 37.9 Å². The van der Waals surface area contributed by atoms with Crippen molar-refractivity contribution >= 4 is 5.97 Å². The topological polar surface area (TPSA) is 53.3 Å². The molecule has 2 rings (SSSR count). The van der Waals surface area contributed by atoms with Crippen LogP contribution >= 0.6 is 0 Å². The number of ether oxygens (including phenoxy) is 1. The molecule has 4 heteroatoms. The molecule has 102 valence electrons. The summed E-state index contributed by atoms with van der Waals surface area (Å²) in [5.74, 6) is 0.324. The standard InChI is InChI=1S/C15H20N2O2/c1-2-19-15(18)7-9-17-8-3-4-13-10-12(11-16)5-6-14(13)17/h5-6,13H,2-4,7-10H2,1H3. The van der Waals surface area contributed by atoms with Gasteiger partial charge in [0.25, 0.3) is 0 Å². The number of fused-ring (bicyclic) bond motifs is 1. The molecule has 1 aliphatic carbocycles. The molecule has 0 aromatic heterocycles. The summed E-state index contributed by atoms with van der Waals surface area (Å²) in [4.78, 5) is 13.7. The minimum Gasteiger partial charge on any atom is -0.466 e. The molecular weight excluding hydrogens is 240 g/mol. The average molecular weight is 260 g/mol. The quantitative estimate of drug-likeness (QED) is 0.728. The van der Waals surface area contributed by atoms with Gasteiger partial charge in [0.15, 0.2) is 0 Å². The number of nitriles is 1. The monoisotopic (exact) mass is 260 g/mol. The van der Waals surface area contributed by atoms with Crippen molar-refractivity contribution < 1.29 is 9.53 Å². The highest BCUT2D eigenvalue weighted by Crippen LogP contribution is 2.34. The highest BCUT2D eigenvalue weighted by Gasteiger charge is 2.27. The predicted molar refractivity (Wildman–Crippen MR) is 71.9 cm³/mol. The Morgan fingerprint density at radius 2 is 2.42 bits per heavy atom. The molecule has 0 bridgehead atoms. The van der Waals surface area contributed by atoms with Crippen LogP contribution in [0.15, 0.2) is 23.4 Å². The van der Waals surface area contributed by atoms with Gasteiger partial charge in [0.05, 0.1) is 19.1 Å². The first-order chi connectivity index (χ1) is 9.24. The van der Waals surface area contributed by atoms with Crippen molar-refractivity contribution in [3.05, 3.63) is 23.4 Å². The Labute approximate surface area is 114 Å². The molecule has 0 spiro atoms. The van der Waals surface area contributed by atoms with E-state index in [9.17, 15) is 4.79 Å². The maximum absolute atomic E-state index is 11.4. The van der Waals surface area contributed by atoms with Gasteiger partial charge in [-0.25, -0.2) is 0 Å². The fraction of sp³-hybridized carbons (Fsp3) is 0.600. The van der Waals surface area contributed by atoms with Gasteiger partial charge in [-0.05, 0) is 38.3 Å². The van der Waals surface area contributed by atoms with E-state index in [4.69, 9.17) is 10.00 Å². The van der Waals surface area contributed by atoms with Crippen molar-refractivity contribution in [2.75, 3.05) is 19.7 Å². The average Bonchev–Trinajstić information content (AvgIpc) is 2.44. The van der Waals surface area contributed by atoms with E-state index in [0.29, 0.717) is 18.9 Å². The predicted octanol–water partition coefficient (Wildman–Crippen LogP) is 2.39. The third-order valence-corrected chi connectivity index (χ3v) is 3.72. The summed E-state index contributed by atoms with van der Waals surface area (Å²) < 4.78 is 4.96. The number of esters is 1. The first-order valence-electron chi connectivity index (χ1n) is 6.96. The van der Waals surface area contributed by atoms with E-state index < -0.39 is 0 Å². The van der Waals surface area contributed by atoms with E-state index in [2.05, 4.69) is 17.0 Å². The second-order valence-corrected chi connectivity index (χ2v) is 4.98. The molecule has 0 saturated carbocycles. The van der Waals surface area contributed by atoms with Crippen LogP contribution in [0.5, 0.6) is 0 Å². The number of rotatable bonds is 4. The summed E-state index contributed by atoms with van der Waals surface area (Å²) in [6, 6.07) is 2.24. The van der Waals surface area contributed by atoms with Gasteiger partial charge in [0.1, 0.15) is 0 Å². The SMILES string of the molecule is CCOC(=O)CCN1CCCC2CC(C#N)=CC=C21. The van der Waals surface area contributed by atoms with Gasteiger partial charge in [-0.2, -0.15) is 5.26 Å². The normalized spacial score (nSPS) is 21.9. The van der Waals surface area contributed by atoms with Gasteiger partial charge in [0.2, 0.25) is 0 Å². The molecular formula is C15H20N2O2. The largest absolute Gasteiger partial charge is 0.466 e. The molecule has 1 aliphatic heterocycles. The van der Waals surface area contributed by atoms with Crippen molar-refractivity contribution in [3.63, 3.8) is 0 Å². The van der Waals surface area contributed by atoms with Crippen LogP contribution in [0.1, 0.15) is 32.6 Å². The zero-order valence-corrected chi connectivity index (χ0v) is 11.4. The molecule has 1 unspecified atom stereocenters. The number of carbonyl (C=O) groups is 1. The first kappa shape index (κ1) is 13.7. The van der Waals surface area contributed by atoms with Crippen LogP contribution in [0.4, 0.5) is 0 Å². The number of hydrogen-bond donors (Lipinski definition) is 0. The lowest BCUT2D eigenvalue weighted by molar-refractivity contribution is -0.143. The van der Waals surface area contributed by atoms with Gasteiger partial charge >= 0.3 is 5.97 Å². The van der Waals surface area contributed by atoms with Crippen molar-refractivity contribution in [3.8, 4) is 6.07 Å². The number of nitrogens with zero attached hydrogens (tertiary/aromatic N) is 2. The molecule has 0 N–H and O–H groups in total. The Morgan fingerprint density at radius 3 is 3.16 bits per heavy atom. The van der Waals surface area contributed by atoms with E-state index in [1.165, 1.54) is 5.70 Å². The van der Waals surface area contributed by atoms with Gasteiger partial charge < -0.3 is 9.64 Å². The summed E-state index contributed by atoms with van der Waals surface area (Å²) in [5.41, 5.74) is 2.15. The van der Waals surface area contributed by atoms with Crippen LogP contribution in [0.3, 0.4) is 0 Å². The lowest BCUT2D eigenvalue weighted by atomic mass is 9.84. The van der Waals surface area contributed by atoms with Crippen LogP contribution in [0.25, 0.3) is 0 Å². The van der Waals surface area contributed by atoms with Crippen LogP contribution in [-0.2, 0) is 9.53 Å². The summed E-state index contributed by atoms with van der Waals surface area (Å²) in [6.07, 6.45) is 7.51. The number of hydrogen-bond acceptors (Lipinski definition) is 4. The van der Waals surface area contributed by atoms with E-state index >= 15 is 0 Å². The van der Waals surface area contributed by atoms with Crippen LogP contribution in [0.2, 0.25) is 0 Å². The van der Waals surface area contributed by atoms with Gasteiger partial charge in [-0.1, -0.05) is 0 Å². The number of carbonyl (C=O) groups excluding carboxylic acids is 1. The number of piperidine rings is 1. The summed E-state index contributed by atoms with van der Waals surface area (Å²) >= 11 is 0. The van der Waals surface area contributed by atoms with Crippen molar-refractivity contribution in [2.24, 2.45) is 5.92 Å². The summed E-state index contributed by atoms with van der Waals surface area (Å²) in [7, 11) is 0. The maximum atomic E-state index is 11.4. The minimum absolute atomic E-state index is 0.130. The molecule has 2 aliphatic rings. The number of likely N-dealkylation sites (tertiary alicyclic amines) is 1. The molecule has 1 fully saturated rings. The second-order valence-electron chi connectivity index (χ2n) is 4.98. The fourth-order valence-electron chi connectivity index (χ4n) is 2.81. The first-order valence-corrected chi connectivity index (χ1v) is 6.96. The van der Waals surface area contributed by atoms with E-state index in [1.54, 1.807) is 0 Å². The maximum Gasteiger partial charge on any atom is 0.307 e. The lowest BCUT2D eigenvalue weighted by Gasteiger charge is -2.38. The summed E-state index contributed by atoms with van der Waals surface area (Å²) in [5, 5.41) is 8.96. The van der Waals surface area contributed by atoms with Crippen LogP contribution < -0.4 is 0 Å². The van der Waals surface area contributed by atoms with Crippen molar-refractivity contribution in [1.29, 1.82) is 5.26 Å². The van der Waals surface area contributed by atoms with Crippen LogP contribution in [0, 0.1) is 17.2 Å². The smallest absolute Gasteiger partial charge is 0.307 e. The Bertz CT molecular complexity index is 446. The fourth-order valence-corrected chi connectivity index (χ4v) is 2.81. The second kappa shape index (κ2) is 6.42. The van der Waals surface area contributed by atoms with Crippen molar-refractivity contribution in [2.45, 2.75) is 32.6 Å². The van der Waals surface area contributed by atoms with Gasteiger partial charge in [-0.15, -0.1) is 0 Å². The van der Waals surface area contributed by atoms with E-state index in [-0.39, 0.29) is 5.97 Å².